The maximum Gasteiger partial charge on any atom is 0.111 e. The molecule has 0 spiro atoms. The summed E-state index contributed by atoms with van der Waals surface area (Å²) in [5.74, 6) is 4.24. The molecule has 3 saturated carbocycles. The van der Waals surface area contributed by atoms with Crippen LogP contribution in [0.1, 0.15) is 112 Å². The molecule has 2 heteroatoms. The Morgan fingerprint density at radius 1 is 0.963 bits per heavy atom. The van der Waals surface area contributed by atoms with Gasteiger partial charge in [0.25, 0.3) is 0 Å². The maximum atomic E-state index is 9.05. The van der Waals surface area contributed by atoms with Crippen LogP contribution in [-0.4, -0.2) is 14.1 Å². The lowest BCUT2D eigenvalue weighted by Crippen LogP contribution is -2.50. The number of hydrogen-bond acceptors (Lipinski definition) is 1. The molecule has 5 atom stereocenters. The first kappa shape index (κ1) is 24.8. The molecule has 1 nitrogen and oxygen atoms in total. The van der Waals surface area contributed by atoms with Gasteiger partial charge in [-0.2, -0.15) is 0 Å². The monoisotopic (exact) mass is 374 g/mol. The lowest BCUT2D eigenvalue weighted by Gasteiger charge is -2.59. The van der Waals surface area contributed by atoms with Crippen LogP contribution in [-0.2, 0) is 4.79 Å². The van der Waals surface area contributed by atoms with Gasteiger partial charge in [-0.15, -0.1) is 0 Å². The van der Waals surface area contributed by atoms with E-state index >= 15 is 0 Å². The summed E-state index contributed by atoms with van der Waals surface area (Å²) in [5.41, 5.74) is 1.33. The van der Waals surface area contributed by atoms with Crippen LogP contribution < -0.4 is 0 Å². The summed E-state index contributed by atoms with van der Waals surface area (Å²) < 4.78 is 0. The zero-order valence-corrected chi connectivity index (χ0v) is 19.4. The largest absolute Gasteiger partial charge is 0.304 e. The summed E-state index contributed by atoms with van der Waals surface area (Å²) in [6.45, 7) is 14.2. The Bertz CT molecular complexity index is 419. The zero-order valence-electron chi connectivity index (χ0n) is 19.4. The minimum atomic E-state index is 0.139. The molecule has 0 saturated heterocycles. The van der Waals surface area contributed by atoms with Gasteiger partial charge in [0.1, 0.15) is 6.29 Å². The molecule has 5 unspecified atom stereocenters. The molecule has 2 radical (unpaired) electrons. The molecule has 0 aliphatic heterocycles. The highest BCUT2D eigenvalue weighted by atomic mass is 16.1. The van der Waals surface area contributed by atoms with Crippen LogP contribution in [0.2, 0.25) is 6.32 Å². The first-order chi connectivity index (χ1) is 12.9. The SMILES string of the molecule is CC.CCCCC1C2CCC3(C)CCCCC3C2CCC1(C)C.[B]CC=O. The Balaban J connectivity index is 0.000000541. The smallest absolute Gasteiger partial charge is 0.111 e. The highest BCUT2D eigenvalue weighted by Crippen LogP contribution is 2.62. The maximum absolute atomic E-state index is 9.05. The Labute approximate surface area is 172 Å². The first-order valence-electron chi connectivity index (χ1n) is 12.0. The van der Waals surface area contributed by atoms with E-state index in [9.17, 15) is 0 Å². The fourth-order valence-corrected chi connectivity index (χ4v) is 6.72. The average molecular weight is 374 g/mol. The standard InChI is InChI=1S/C21H38.C2H3BO.C2H6/c1-5-6-9-18-16-12-15-21(4)13-8-7-10-19(21)17(16)11-14-20(18,2)3;3-1-2-4;1-2/h16-19H,5-15H2,1-4H3;2H,1H2;1-2H3. The zero-order chi connectivity index (χ0) is 20.5. The molecule has 156 valence electrons. The van der Waals surface area contributed by atoms with Crippen molar-refractivity contribution in [1.82, 2.24) is 0 Å². The Kier molecular flexibility index (Phi) is 10.7. The number of aldehydes is 1. The van der Waals surface area contributed by atoms with Crippen LogP contribution in [0, 0.1) is 34.5 Å². The molecule has 0 N–H and O–H groups in total. The number of rotatable bonds is 4. The van der Waals surface area contributed by atoms with Gasteiger partial charge >= 0.3 is 0 Å². The second kappa shape index (κ2) is 11.7. The van der Waals surface area contributed by atoms with Gasteiger partial charge in [-0.25, -0.2) is 0 Å². The predicted octanol–water partition coefficient (Wildman–Crippen LogP) is 7.63. The number of fused-ring (bicyclic) bond motifs is 3. The van der Waals surface area contributed by atoms with E-state index < -0.39 is 0 Å². The highest BCUT2D eigenvalue weighted by molar-refractivity contribution is 6.15. The number of hydrogen-bond donors (Lipinski definition) is 0. The van der Waals surface area contributed by atoms with Gasteiger partial charge in [0.15, 0.2) is 0 Å². The van der Waals surface area contributed by atoms with Crippen molar-refractivity contribution in [2.24, 2.45) is 34.5 Å². The molecule has 0 amide bonds. The van der Waals surface area contributed by atoms with Crippen molar-refractivity contribution in [2.75, 3.05) is 0 Å². The lowest BCUT2D eigenvalue weighted by molar-refractivity contribution is -0.106. The molecule has 0 aromatic rings. The fraction of sp³-hybridized carbons (Fsp3) is 0.960. The van der Waals surface area contributed by atoms with Crippen LogP contribution in [0.3, 0.4) is 0 Å². The van der Waals surface area contributed by atoms with E-state index in [0.717, 1.165) is 29.1 Å². The van der Waals surface area contributed by atoms with E-state index in [2.05, 4.69) is 35.5 Å². The summed E-state index contributed by atoms with van der Waals surface area (Å²) >= 11 is 0. The van der Waals surface area contributed by atoms with E-state index in [1.807, 2.05) is 13.8 Å². The van der Waals surface area contributed by atoms with Gasteiger partial charge in [0.2, 0.25) is 0 Å². The molecule has 0 aromatic carbocycles. The minimum absolute atomic E-state index is 0.139. The number of carbonyl (C=O) groups is 1. The molecule has 3 fully saturated rings. The normalized spacial score (nSPS) is 36.7. The molecule has 0 heterocycles. The minimum Gasteiger partial charge on any atom is -0.304 e. The van der Waals surface area contributed by atoms with Crippen LogP contribution in [0.15, 0.2) is 0 Å². The van der Waals surface area contributed by atoms with E-state index in [4.69, 9.17) is 4.79 Å². The van der Waals surface area contributed by atoms with Crippen LogP contribution >= 0.6 is 0 Å². The third kappa shape index (κ3) is 6.10. The second-order valence-corrected chi connectivity index (χ2v) is 10.1. The second-order valence-electron chi connectivity index (χ2n) is 10.1. The molecule has 0 bridgehead atoms. The summed E-state index contributed by atoms with van der Waals surface area (Å²) in [6, 6.07) is 0. The van der Waals surface area contributed by atoms with Crippen molar-refractivity contribution in [2.45, 2.75) is 118 Å². The van der Waals surface area contributed by atoms with Gasteiger partial charge in [-0.1, -0.05) is 67.2 Å². The van der Waals surface area contributed by atoms with Crippen molar-refractivity contribution < 1.29 is 4.79 Å². The van der Waals surface area contributed by atoms with Gasteiger partial charge in [0.05, 0.1) is 7.85 Å². The predicted molar refractivity (Wildman–Crippen MR) is 120 cm³/mol. The van der Waals surface area contributed by atoms with E-state index in [1.54, 1.807) is 19.3 Å². The summed E-state index contributed by atoms with van der Waals surface area (Å²) in [4.78, 5) is 9.05. The quantitative estimate of drug-likeness (QED) is 0.365. The Morgan fingerprint density at radius 2 is 1.59 bits per heavy atom. The number of carbonyl (C=O) groups excluding carboxylic acids is 1. The van der Waals surface area contributed by atoms with Gasteiger partial charge in [-0.3, -0.25) is 0 Å². The van der Waals surface area contributed by atoms with Crippen molar-refractivity contribution in [1.29, 1.82) is 0 Å². The topological polar surface area (TPSA) is 17.1 Å². The van der Waals surface area contributed by atoms with Crippen molar-refractivity contribution in [3.8, 4) is 0 Å². The molecule has 3 aliphatic rings. The summed E-state index contributed by atoms with van der Waals surface area (Å²) in [5, 5.41) is 0. The lowest BCUT2D eigenvalue weighted by atomic mass is 9.46. The van der Waals surface area contributed by atoms with Gasteiger partial charge in [-0.05, 0) is 85.8 Å². The van der Waals surface area contributed by atoms with Crippen molar-refractivity contribution >= 4 is 14.1 Å². The molecule has 27 heavy (non-hydrogen) atoms. The van der Waals surface area contributed by atoms with E-state index in [0.29, 0.717) is 11.7 Å². The van der Waals surface area contributed by atoms with Crippen LogP contribution in [0.5, 0.6) is 0 Å². The molecule has 3 aliphatic carbocycles. The van der Waals surface area contributed by atoms with E-state index in [-0.39, 0.29) is 6.32 Å². The average Bonchev–Trinajstić information content (AvgIpc) is 2.68. The van der Waals surface area contributed by atoms with Crippen molar-refractivity contribution in [3.63, 3.8) is 0 Å². The van der Waals surface area contributed by atoms with Gasteiger partial charge in [0, 0.05) is 0 Å². The number of unbranched alkanes of at least 4 members (excludes halogenated alkanes) is 1. The third-order valence-electron chi connectivity index (χ3n) is 8.13. The van der Waals surface area contributed by atoms with Crippen LogP contribution in [0.4, 0.5) is 0 Å². The molecular weight excluding hydrogens is 327 g/mol. The van der Waals surface area contributed by atoms with Gasteiger partial charge < -0.3 is 4.79 Å². The third-order valence-corrected chi connectivity index (χ3v) is 8.13. The summed E-state index contributed by atoms with van der Waals surface area (Å²) in [6.07, 6.45) is 17.4. The molecule has 0 aromatic heterocycles. The van der Waals surface area contributed by atoms with E-state index in [1.165, 1.54) is 51.4 Å². The van der Waals surface area contributed by atoms with Crippen LogP contribution in [0.25, 0.3) is 0 Å². The fourth-order valence-electron chi connectivity index (χ4n) is 6.72. The molecular formula is C25H47BO. The first-order valence-corrected chi connectivity index (χ1v) is 12.0. The highest BCUT2D eigenvalue weighted by Gasteiger charge is 2.53. The van der Waals surface area contributed by atoms with Crippen molar-refractivity contribution in [3.05, 3.63) is 0 Å². The Hall–Kier alpha value is -0.265. The molecule has 3 rings (SSSR count). The Morgan fingerprint density at radius 3 is 2.19 bits per heavy atom. The summed E-state index contributed by atoms with van der Waals surface area (Å²) in [7, 11) is 4.66.